The Labute approximate surface area is 233 Å². The Bertz CT molecular complexity index is 1460. The number of halogens is 1. The third kappa shape index (κ3) is 6.78. The van der Waals surface area contributed by atoms with Crippen molar-refractivity contribution in [3.8, 4) is 11.5 Å². The third-order valence-corrected chi connectivity index (χ3v) is 8.66. The van der Waals surface area contributed by atoms with Crippen molar-refractivity contribution < 1.29 is 31.9 Å². The second kappa shape index (κ2) is 12.9. The van der Waals surface area contributed by atoms with E-state index in [2.05, 4.69) is 10.6 Å². The maximum Gasteiger partial charge on any atom is 0.253 e. The Hall–Kier alpha value is -3.96. The number of piperidine rings is 1. The van der Waals surface area contributed by atoms with Crippen LogP contribution in [0.2, 0.25) is 0 Å². The molecule has 0 unspecified atom stereocenters. The number of para-hydroxylation sites is 1. The molecule has 1 aliphatic rings. The zero-order chi connectivity index (χ0) is 28.7. The first-order chi connectivity index (χ1) is 19.2. The van der Waals surface area contributed by atoms with Crippen molar-refractivity contribution >= 4 is 27.5 Å². The summed E-state index contributed by atoms with van der Waals surface area (Å²) in [6.07, 6.45) is 1.55. The molecule has 1 atom stereocenters. The highest BCUT2D eigenvalue weighted by Crippen LogP contribution is 2.28. The van der Waals surface area contributed by atoms with Crippen molar-refractivity contribution in [3.05, 3.63) is 83.7 Å². The molecule has 11 heteroatoms. The van der Waals surface area contributed by atoms with E-state index in [1.54, 1.807) is 44.6 Å². The molecule has 0 bridgehead atoms. The van der Waals surface area contributed by atoms with Gasteiger partial charge in [0.15, 0.2) is 11.5 Å². The minimum Gasteiger partial charge on any atom is -0.493 e. The fourth-order valence-electron chi connectivity index (χ4n) is 4.61. The van der Waals surface area contributed by atoms with Gasteiger partial charge in [-0.3, -0.25) is 9.59 Å². The van der Waals surface area contributed by atoms with Gasteiger partial charge >= 0.3 is 0 Å². The highest BCUT2D eigenvalue weighted by Gasteiger charge is 2.33. The summed E-state index contributed by atoms with van der Waals surface area (Å²) in [5.41, 5.74) is 1.60. The first kappa shape index (κ1) is 29.0. The van der Waals surface area contributed by atoms with Crippen molar-refractivity contribution in [2.45, 2.75) is 24.2 Å². The quantitative estimate of drug-likeness (QED) is 0.384. The first-order valence-electron chi connectivity index (χ1n) is 12.9. The minimum atomic E-state index is -3.87. The normalized spacial score (nSPS) is 15.7. The summed E-state index contributed by atoms with van der Waals surface area (Å²) in [4.78, 5) is 26.1. The van der Waals surface area contributed by atoms with Gasteiger partial charge in [0.2, 0.25) is 15.9 Å². The summed E-state index contributed by atoms with van der Waals surface area (Å²) < 4.78 is 51.2. The van der Waals surface area contributed by atoms with Crippen LogP contribution < -0.4 is 20.1 Å². The monoisotopic (exact) mass is 569 g/mol. The summed E-state index contributed by atoms with van der Waals surface area (Å²) >= 11 is 0. The van der Waals surface area contributed by atoms with Crippen LogP contribution in [0.1, 0.15) is 28.8 Å². The number of benzene rings is 3. The summed E-state index contributed by atoms with van der Waals surface area (Å²) in [6.45, 7) is 0.614. The van der Waals surface area contributed by atoms with Gasteiger partial charge in [0, 0.05) is 19.6 Å². The maximum absolute atomic E-state index is 13.3. The van der Waals surface area contributed by atoms with E-state index in [4.69, 9.17) is 9.47 Å². The third-order valence-electron chi connectivity index (χ3n) is 6.78. The molecule has 0 saturated carbocycles. The van der Waals surface area contributed by atoms with E-state index < -0.39 is 21.8 Å². The molecule has 0 spiro atoms. The number of methoxy groups -OCH3 is 2. The number of ether oxygens (including phenoxy) is 2. The highest BCUT2D eigenvalue weighted by molar-refractivity contribution is 7.89. The van der Waals surface area contributed by atoms with Crippen molar-refractivity contribution in [2.75, 3.05) is 39.2 Å². The summed E-state index contributed by atoms with van der Waals surface area (Å²) in [6, 6.07) is 16.8. The molecule has 1 fully saturated rings. The highest BCUT2D eigenvalue weighted by atomic mass is 32.2. The number of hydrogen-bond donors (Lipinski definition) is 2. The van der Waals surface area contributed by atoms with Crippen LogP contribution in [0.25, 0.3) is 0 Å². The lowest BCUT2D eigenvalue weighted by atomic mass is 9.98. The predicted molar refractivity (Wildman–Crippen MR) is 149 cm³/mol. The molecule has 4 rings (SSSR count). The molecule has 3 aromatic rings. The molecule has 0 aliphatic carbocycles. The Morgan fingerprint density at radius 3 is 2.45 bits per heavy atom. The van der Waals surface area contributed by atoms with Gasteiger partial charge in [0.05, 0.1) is 36.3 Å². The van der Waals surface area contributed by atoms with Crippen LogP contribution >= 0.6 is 0 Å². The fourth-order valence-corrected chi connectivity index (χ4v) is 6.13. The van der Waals surface area contributed by atoms with Crippen LogP contribution in [0.3, 0.4) is 0 Å². The molecule has 9 nitrogen and oxygen atoms in total. The molecule has 3 aromatic carbocycles. The lowest BCUT2D eigenvalue weighted by Crippen LogP contribution is -2.43. The second-order valence-corrected chi connectivity index (χ2v) is 11.3. The molecule has 2 amide bonds. The number of carbonyl (C=O) groups is 2. The summed E-state index contributed by atoms with van der Waals surface area (Å²) in [5.74, 6) is -0.631. The SMILES string of the molecule is COc1ccc(CCNC(=O)c2ccccc2NC(=O)[C@@H]2CCCN(S(=O)(=O)c3ccc(F)cc3)C2)cc1OC. The number of rotatable bonds is 10. The standard InChI is InChI=1S/C29H32FN3O6S/c1-38-26-14-9-20(18-27(26)39-2)15-16-31-29(35)24-7-3-4-8-25(24)32-28(34)21-6-5-17-33(19-21)40(36,37)23-12-10-22(30)11-13-23/h3-4,7-14,18,21H,5-6,15-17,19H2,1-2H3,(H,31,35)(H,32,34)/t21-/m1/s1. The zero-order valence-corrected chi connectivity index (χ0v) is 23.2. The van der Waals surface area contributed by atoms with Gasteiger partial charge in [-0.2, -0.15) is 4.31 Å². The minimum absolute atomic E-state index is 0.00870. The zero-order valence-electron chi connectivity index (χ0n) is 22.4. The van der Waals surface area contributed by atoms with Gasteiger partial charge in [0.1, 0.15) is 5.82 Å². The van der Waals surface area contributed by atoms with E-state index in [0.717, 1.165) is 17.7 Å². The largest absolute Gasteiger partial charge is 0.493 e. The molecule has 1 saturated heterocycles. The number of sulfonamides is 1. The number of nitrogens with one attached hydrogen (secondary N) is 2. The number of nitrogens with zero attached hydrogens (tertiary/aromatic N) is 1. The van der Waals surface area contributed by atoms with E-state index in [1.807, 2.05) is 12.1 Å². The Kier molecular flexibility index (Phi) is 9.38. The first-order valence-corrected chi connectivity index (χ1v) is 14.3. The average Bonchev–Trinajstić information content (AvgIpc) is 2.97. The van der Waals surface area contributed by atoms with Gasteiger partial charge in [0.25, 0.3) is 5.91 Å². The van der Waals surface area contributed by atoms with Crippen LogP contribution in [0.4, 0.5) is 10.1 Å². The Morgan fingerprint density at radius 2 is 1.73 bits per heavy atom. The molecule has 1 aliphatic heterocycles. The Balaban J connectivity index is 1.38. The number of hydrogen-bond acceptors (Lipinski definition) is 6. The van der Waals surface area contributed by atoms with Gasteiger partial charge in [-0.05, 0) is 73.4 Å². The van der Waals surface area contributed by atoms with E-state index in [0.29, 0.717) is 48.6 Å². The number of carbonyl (C=O) groups excluding carboxylic acids is 2. The van der Waals surface area contributed by atoms with E-state index in [-0.39, 0.29) is 29.8 Å². The molecule has 212 valence electrons. The van der Waals surface area contributed by atoms with Crippen LogP contribution in [0.15, 0.2) is 71.6 Å². The van der Waals surface area contributed by atoms with Crippen molar-refractivity contribution in [3.63, 3.8) is 0 Å². The van der Waals surface area contributed by atoms with Gasteiger partial charge in [-0.1, -0.05) is 18.2 Å². The summed E-state index contributed by atoms with van der Waals surface area (Å²) in [7, 11) is -0.751. The molecule has 0 aromatic heterocycles. The smallest absolute Gasteiger partial charge is 0.253 e. The molecule has 2 N–H and O–H groups in total. The fraction of sp³-hybridized carbons (Fsp3) is 0.310. The van der Waals surface area contributed by atoms with Crippen LogP contribution in [0.5, 0.6) is 11.5 Å². The molecule has 40 heavy (non-hydrogen) atoms. The van der Waals surface area contributed by atoms with Gasteiger partial charge < -0.3 is 20.1 Å². The molecular weight excluding hydrogens is 537 g/mol. The maximum atomic E-state index is 13.3. The predicted octanol–water partition coefficient (Wildman–Crippen LogP) is 3.85. The topological polar surface area (TPSA) is 114 Å². The molecule has 1 heterocycles. The van der Waals surface area contributed by atoms with E-state index >= 15 is 0 Å². The summed E-state index contributed by atoms with van der Waals surface area (Å²) in [5, 5.41) is 5.69. The lowest BCUT2D eigenvalue weighted by molar-refractivity contribution is -0.120. The number of anilines is 1. The lowest BCUT2D eigenvalue weighted by Gasteiger charge is -2.31. The number of amides is 2. The van der Waals surface area contributed by atoms with Crippen molar-refractivity contribution in [1.82, 2.24) is 9.62 Å². The van der Waals surface area contributed by atoms with Gasteiger partial charge in [-0.25, -0.2) is 12.8 Å². The van der Waals surface area contributed by atoms with Crippen molar-refractivity contribution in [1.29, 1.82) is 0 Å². The molecular formula is C29H32FN3O6S. The van der Waals surface area contributed by atoms with Crippen LogP contribution in [-0.4, -0.2) is 58.4 Å². The second-order valence-electron chi connectivity index (χ2n) is 9.39. The Morgan fingerprint density at radius 1 is 1.00 bits per heavy atom. The molecule has 0 radical (unpaired) electrons. The van der Waals surface area contributed by atoms with Crippen LogP contribution in [-0.2, 0) is 21.2 Å². The van der Waals surface area contributed by atoms with Crippen molar-refractivity contribution in [2.24, 2.45) is 5.92 Å². The van der Waals surface area contributed by atoms with Crippen LogP contribution in [0, 0.1) is 11.7 Å². The average molecular weight is 570 g/mol. The van der Waals surface area contributed by atoms with E-state index in [9.17, 15) is 22.4 Å². The van der Waals surface area contributed by atoms with E-state index in [1.165, 1.54) is 16.4 Å². The van der Waals surface area contributed by atoms with Gasteiger partial charge in [-0.15, -0.1) is 0 Å².